The van der Waals surface area contributed by atoms with Crippen LogP contribution in [0.2, 0.25) is 0 Å². The molecular formula is C11H23NOS. The summed E-state index contributed by atoms with van der Waals surface area (Å²) in [7, 11) is 1.77. The maximum absolute atomic E-state index is 5.11. The zero-order valence-corrected chi connectivity index (χ0v) is 10.5. The number of methoxy groups -OCH3 is 1. The van der Waals surface area contributed by atoms with Gasteiger partial charge in [0.1, 0.15) is 0 Å². The molecule has 0 radical (unpaired) electrons. The molecule has 1 fully saturated rings. The zero-order valence-electron chi connectivity index (χ0n) is 9.64. The lowest BCUT2D eigenvalue weighted by atomic mass is 10.1. The fourth-order valence-corrected chi connectivity index (χ4v) is 3.18. The van der Waals surface area contributed by atoms with Crippen molar-refractivity contribution in [1.29, 1.82) is 0 Å². The Labute approximate surface area is 92.2 Å². The molecule has 0 aromatic rings. The quantitative estimate of drug-likeness (QED) is 0.736. The monoisotopic (exact) mass is 217 g/mol. The van der Waals surface area contributed by atoms with Gasteiger partial charge in [-0.05, 0) is 38.0 Å². The van der Waals surface area contributed by atoms with Gasteiger partial charge in [0.05, 0.1) is 0 Å². The molecule has 1 heterocycles. The maximum Gasteiger partial charge on any atom is 0.0499 e. The summed E-state index contributed by atoms with van der Waals surface area (Å²) in [6.07, 6.45) is 2.75. The lowest BCUT2D eigenvalue weighted by Crippen LogP contribution is -2.35. The number of ether oxygens (including phenoxy) is 1. The Balaban J connectivity index is 2.08. The van der Waals surface area contributed by atoms with Crippen molar-refractivity contribution in [2.24, 2.45) is 5.92 Å². The predicted octanol–water partition coefficient (Wildman–Crippen LogP) is 2.14. The summed E-state index contributed by atoms with van der Waals surface area (Å²) >= 11 is 2.12. The van der Waals surface area contributed by atoms with Crippen LogP contribution < -0.4 is 5.32 Å². The van der Waals surface area contributed by atoms with E-state index in [0.29, 0.717) is 10.7 Å². The van der Waals surface area contributed by atoms with Gasteiger partial charge in [0, 0.05) is 25.0 Å². The van der Waals surface area contributed by atoms with E-state index in [1.807, 2.05) is 0 Å². The average Bonchev–Trinajstić information content (AvgIpc) is 2.53. The van der Waals surface area contributed by atoms with Gasteiger partial charge >= 0.3 is 0 Å². The Morgan fingerprint density at radius 3 is 2.93 bits per heavy atom. The van der Waals surface area contributed by atoms with Crippen molar-refractivity contribution >= 4 is 11.8 Å². The van der Waals surface area contributed by atoms with Crippen molar-refractivity contribution in [1.82, 2.24) is 5.32 Å². The Kier molecular flexibility index (Phi) is 5.28. The summed E-state index contributed by atoms with van der Waals surface area (Å²) in [6, 6.07) is 0. The average molecular weight is 217 g/mol. The number of nitrogens with one attached hydrogen (secondary N) is 1. The van der Waals surface area contributed by atoms with Gasteiger partial charge in [-0.25, -0.2) is 0 Å². The number of rotatable bonds is 6. The first-order valence-corrected chi connectivity index (χ1v) is 6.48. The molecule has 0 bridgehead atoms. The topological polar surface area (TPSA) is 21.3 Å². The highest BCUT2D eigenvalue weighted by atomic mass is 32.2. The van der Waals surface area contributed by atoms with Gasteiger partial charge in [-0.1, -0.05) is 6.92 Å². The molecule has 14 heavy (non-hydrogen) atoms. The van der Waals surface area contributed by atoms with E-state index < -0.39 is 0 Å². The molecule has 84 valence electrons. The Morgan fingerprint density at radius 2 is 2.36 bits per heavy atom. The van der Waals surface area contributed by atoms with Gasteiger partial charge in [0.25, 0.3) is 0 Å². The van der Waals surface area contributed by atoms with Gasteiger partial charge in [-0.3, -0.25) is 0 Å². The first-order valence-electron chi connectivity index (χ1n) is 5.50. The summed E-state index contributed by atoms with van der Waals surface area (Å²) in [6.45, 7) is 7.67. The Bertz CT molecular complexity index is 157. The SMILES string of the molecule is COCC(C)CNCC1(C)CCCS1. The minimum absolute atomic E-state index is 0.493. The molecule has 0 aromatic heterocycles. The summed E-state index contributed by atoms with van der Waals surface area (Å²) in [5.74, 6) is 1.96. The molecule has 2 nitrogen and oxygen atoms in total. The predicted molar refractivity (Wildman–Crippen MR) is 64.0 cm³/mol. The molecule has 3 heteroatoms. The van der Waals surface area contributed by atoms with Crippen molar-refractivity contribution in [2.45, 2.75) is 31.4 Å². The fraction of sp³-hybridized carbons (Fsp3) is 1.00. The van der Waals surface area contributed by atoms with Gasteiger partial charge in [-0.15, -0.1) is 0 Å². The van der Waals surface area contributed by atoms with Crippen molar-refractivity contribution in [3.63, 3.8) is 0 Å². The summed E-state index contributed by atoms with van der Waals surface area (Å²) in [5, 5.41) is 3.55. The second-order valence-corrected chi connectivity index (χ2v) is 6.28. The molecule has 0 aromatic carbocycles. The minimum atomic E-state index is 0.493. The van der Waals surface area contributed by atoms with Crippen LogP contribution in [0.3, 0.4) is 0 Å². The largest absolute Gasteiger partial charge is 0.384 e. The second-order valence-electron chi connectivity index (χ2n) is 4.59. The molecule has 1 aliphatic heterocycles. The first-order chi connectivity index (χ1) is 6.66. The lowest BCUT2D eigenvalue weighted by molar-refractivity contribution is 0.158. The molecule has 0 spiro atoms. The van der Waals surface area contributed by atoms with E-state index in [0.717, 1.165) is 19.7 Å². The molecule has 2 atom stereocenters. The third-order valence-corrected chi connectivity index (χ3v) is 4.28. The van der Waals surface area contributed by atoms with Gasteiger partial charge in [-0.2, -0.15) is 11.8 Å². The molecule has 2 unspecified atom stereocenters. The number of hydrogen-bond donors (Lipinski definition) is 1. The van der Waals surface area contributed by atoms with Gasteiger partial charge in [0.15, 0.2) is 0 Å². The van der Waals surface area contributed by atoms with Crippen LogP contribution in [-0.4, -0.2) is 37.3 Å². The standard InChI is InChI=1S/C11H23NOS/c1-10(8-13-3)7-12-9-11(2)5-4-6-14-11/h10,12H,4-9H2,1-3H3. The van der Waals surface area contributed by atoms with Crippen molar-refractivity contribution in [3.8, 4) is 0 Å². The highest BCUT2D eigenvalue weighted by Crippen LogP contribution is 2.36. The summed E-state index contributed by atoms with van der Waals surface area (Å²) in [5.41, 5.74) is 0. The Morgan fingerprint density at radius 1 is 1.57 bits per heavy atom. The molecule has 1 aliphatic rings. The molecule has 1 N–H and O–H groups in total. The van der Waals surface area contributed by atoms with Crippen LogP contribution in [0, 0.1) is 5.92 Å². The van der Waals surface area contributed by atoms with E-state index >= 15 is 0 Å². The first kappa shape index (κ1) is 12.3. The van der Waals surface area contributed by atoms with E-state index in [9.17, 15) is 0 Å². The molecule has 1 rings (SSSR count). The highest BCUT2D eigenvalue weighted by Gasteiger charge is 2.28. The third-order valence-electron chi connectivity index (χ3n) is 2.74. The van der Waals surface area contributed by atoms with E-state index in [4.69, 9.17) is 4.74 Å². The zero-order chi connectivity index (χ0) is 10.4. The lowest BCUT2D eigenvalue weighted by Gasteiger charge is -2.24. The molecule has 0 aliphatic carbocycles. The van der Waals surface area contributed by atoms with Crippen molar-refractivity contribution in [2.75, 3.05) is 32.6 Å². The van der Waals surface area contributed by atoms with Crippen LogP contribution in [0.4, 0.5) is 0 Å². The van der Waals surface area contributed by atoms with Crippen LogP contribution in [-0.2, 0) is 4.74 Å². The molecular weight excluding hydrogens is 194 g/mol. The third kappa shape index (κ3) is 4.20. The number of thioether (sulfide) groups is 1. The van der Waals surface area contributed by atoms with Gasteiger partial charge in [0.2, 0.25) is 0 Å². The van der Waals surface area contributed by atoms with E-state index in [2.05, 4.69) is 30.9 Å². The second kappa shape index (κ2) is 5.99. The van der Waals surface area contributed by atoms with E-state index in [-0.39, 0.29) is 0 Å². The summed E-state index contributed by atoms with van der Waals surface area (Å²) < 4.78 is 5.60. The summed E-state index contributed by atoms with van der Waals surface area (Å²) in [4.78, 5) is 0. The molecule has 0 amide bonds. The minimum Gasteiger partial charge on any atom is -0.384 e. The van der Waals surface area contributed by atoms with Gasteiger partial charge < -0.3 is 10.1 Å². The van der Waals surface area contributed by atoms with Crippen molar-refractivity contribution < 1.29 is 4.74 Å². The van der Waals surface area contributed by atoms with E-state index in [1.54, 1.807) is 7.11 Å². The van der Waals surface area contributed by atoms with Crippen LogP contribution >= 0.6 is 11.8 Å². The maximum atomic E-state index is 5.11. The molecule has 0 saturated carbocycles. The van der Waals surface area contributed by atoms with E-state index in [1.165, 1.54) is 18.6 Å². The highest BCUT2D eigenvalue weighted by molar-refractivity contribution is 8.00. The van der Waals surface area contributed by atoms with Crippen LogP contribution in [0.25, 0.3) is 0 Å². The fourth-order valence-electron chi connectivity index (χ4n) is 1.90. The van der Waals surface area contributed by atoms with Crippen LogP contribution in [0.1, 0.15) is 26.7 Å². The van der Waals surface area contributed by atoms with Crippen molar-refractivity contribution in [3.05, 3.63) is 0 Å². The van der Waals surface area contributed by atoms with Crippen LogP contribution in [0.5, 0.6) is 0 Å². The van der Waals surface area contributed by atoms with Crippen LogP contribution in [0.15, 0.2) is 0 Å². The molecule has 1 saturated heterocycles. The number of hydrogen-bond acceptors (Lipinski definition) is 3. The smallest absolute Gasteiger partial charge is 0.0499 e. The normalized spacial score (nSPS) is 29.4. The Hall–Kier alpha value is 0.270.